The van der Waals surface area contributed by atoms with Crippen LogP contribution >= 0.6 is 31.9 Å². The summed E-state index contributed by atoms with van der Waals surface area (Å²) >= 11 is 6.28. The summed E-state index contributed by atoms with van der Waals surface area (Å²) in [6.07, 6.45) is 0. The molecule has 0 fully saturated rings. The van der Waals surface area contributed by atoms with Crippen molar-refractivity contribution in [3.63, 3.8) is 0 Å². The minimum Gasteiger partial charge on any atom is -0.380 e. The molecule has 1 N–H and O–H groups in total. The summed E-state index contributed by atoms with van der Waals surface area (Å²) in [4.78, 5) is 0. The van der Waals surface area contributed by atoms with E-state index in [9.17, 15) is 4.39 Å². The molecule has 13 heavy (non-hydrogen) atoms. The molecule has 0 aliphatic rings. The molecule has 1 rings (SSSR count). The van der Waals surface area contributed by atoms with Crippen LogP contribution in [0.5, 0.6) is 0 Å². The van der Waals surface area contributed by atoms with Crippen molar-refractivity contribution in [2.45, 2.75) is 0 Å². The van der Waals surface area contributed by atoms with E-state index in [0.717, 1.165) is 10.2 Å². The van der Waals surface area contributed by atoms with Gasteiger partial charge in [-0.2, -0.15) is 0 Å². The predicted molar refractivity (Wildman–Crippen MR) is 60.7 cm³/mol. The summed E-state index contributed by atoms with van der Waals surface area (Å²) in [5, 5.41) is 3.00. The molecule has 0 bridgehead atoms. The summed E-state index contributed by atoms with van der Waals surface area (Å²) in [6.45, 7) is 4.25. The number of hydrogen-bond donors (Lipinski definition) is 1. The third kappa shape index (κ3) is 3.48. The van der Waals surface area contributed by atoms with Crippen molar-refractivity contribution in [3.8, 4) is 0 Å². The first-order valence-corrected chi connectivity index (χ1v) is 5.20. The first-order valence-electron chi connectivity index (χ1n) is 3.62. The quantitative estimate of drug-likeness (QED) is 0.893. The molecule has 0 spiro atoms. The Balaban J connectivity index is 2.68. The van der Waals surface area contributed by atoms with Gasteiger partial charge in [-0.3, -0.25) is 0 Å². The van der Waals surface area contributed by atoms with E-state index in [1.54, 1.807) is 12.1 Å². The highest BCUT2D eigenvalue weighted by atomic mass is 79.9. The largest absolute Gasteiger partial charge is 0.380 e. The predicted octanol–water partition coefficient (Wildman–Crippen LogP) is 3.91. The highest BCUT2D eigenvalue weighted by Crippen LogP contribution is 2.19. The van der Waals surface area contributed by atoms with Gasteiger partial charge in [-0.25, -0.2) is 4.39 Å². The third-order valence-electron chi connectivity index (χ3n) is 1.40. The molecule has 0 amide bonds. The molecule has 4 heteroatoms. The van der Waals surface area contributed by atoms with Gasteiger partial charge in [0.25, 0.3) is 0 Å². The van der Waals surface area contributed by atoms with Crippen LogP contribution in [0.1, 0.15) is 0 Å². The standard InChI is InChI=1S/C9H8Br2FN/c1-6(10)5-13-7-2-3-8(11)9(12)4-7/h2-4,13H,1,5H2. The van der Waals surface area contributed by atoms with Crippen LogP contribution in [0.2, 0.25) is 0 Å². The van der Waals surface area contributed by atoms with Crippen LogP contribution in [0, 0.1) is 5.82 Å². The maximum atomic E-state index is 13.0. The number of nitrogens with one attached hydrogen (secondary N) is 1. The van der Waals surface area contributed by atoms with Gasteiger partial charge in [0.2, 0.25) is 0 Å². The molecule has 1 aromatic carbocycles. The van der Waals surface area contributed by atoms with E-state index in [1.807, 2.05) is 0 Å². The second-order valence-corrected chi connectivity index (χ2v) is 4.48. The minimum atomic E-state index is -0.273. The Kier molecular flexibility index (Phi) is 3.93. The van der Waals surface area contributed by atoms with E-state index in [2.05, 4.69) is 43.8 Å². The summed E-state index contributed by atoms with van der Waals surface area (Å²) in [5.41, 5.74) is 0.737. The first kappa shape index (κ1) is 10.7. The van der Waals surface area contributed by atoms with E-state index in [0.29, 0.717) is 11.0 Å². The molecule has 0 aliphatic heterocycles. The zero-order valence-electron chi connectivity index (χ0n) is 6.78. The molecule has 70 valence electrons. The van der Waals surface area contributed by atoms with Gasteiger partial charge in [-0.1, -0.05) is 22.5 Å². The lowest BCUT2D eigenvalue weighted by molar-refractivity contribution is 0.621. The van der Waals surface area contributed by atoms with Gasteiger partial charge in [0, 0.05) is 16.7 Å². The Morgan fingerprint density at radius 1 is 1.54 bits per heavy atom. The molecule has 0 saturated carbocycles. The van der Waals surface area contributed by atoms with Crippen LogP contribution < -0.4 is 5.32 Å². The number of halogens is 3. The summed E-state index contributed by atoms with van der Waals surface area (Å²) < 4.78 is 14.3. The van der Waals surface area contributed by atoms with Crippen LogP contribution in [-0.4, -0.2) is 6.54 Å². The number of benzene rings is 1. The average Bonchev–Trinajstić information content (AvgIpc) is 2.07. The van der Waals surface area contributed by atoms with Crippen LogP contribution in [0.25, 0.3) is 0 Å². The summed E-state index contributed by atoms with van der Waals surface area (Å²) in [5.74, 6) is -0.273. The van der Waals surface area contributed by atoms with Crippen LogP contribution in [0.3, 0.4) is 0 Å². The fourth-order valence-electron chi connectivity index (χ4n) is 0.804. The summed E-state index contributed by atoms with van der Waals surface area (Å²) in [6, 6.07) is 4.89. The maximum absolute atomic E-state index is 13.0. The Bertz CT molecular complexity index is 325. The van der Waals surface area contributed by atoms with E-state index in [4.69, 9.17) is 0 Å². The van der Waals surface area contributed by atoms with Gasteiger partial charge in [-0.15, -0.1) is 0 Å². The highest BCUT2D eigenvalue weighted by Gasteiger charge is 1.99. The SMILES string of the molecule is C=C(Br)CNc1ccc(Br)c(F)c1. The van der Waals surface area contributed by atoms with E-state index in [1.165, 1.54) is 6.07 Å². The van der Waals surface area contributed by atoms with Gasteiger partial charge >= 0.3 is 0 Å². The molecule has 0 unspecified atom stereocenters. The Morgan fingerprint density at radius 3 is 2.77 bits per heavy atom. The van der Waals surface area contributed by atoms with Crippen molar-refractivity contribution < 1.29 is 4.39 Å². The van der Waals surface area contributed by atoms with Gasteiger partial charge < -0.3 is 5.32 Å². The zero-order valence-corrected chi connectivity index (χ0v) is 9.95. The smallest absolute Gasteiger partial charge is 0.139 e. The molecular formula is C9H8Br2FN. The molecule has 0 heterocycles. The topological polar surface area (TPSA) is 12.0 Å². The number of hydrogen-bond acceptors (Lipinski definition) is 1. The molecule has 0 radical (unpaired) electrons. The van der Waals surface area contributed by atoms with Crippen molar-refractivity contribution in [3.05, 3.63) is 39.6 Å². The van der Waals surface area contributed by atoms with E-state index < -0.39 is 0 Å². The lowest BCUT2D eigenvalue weighted by Crippen LogP contribution is -2.00. The van der Waals surface area contributed by atoms with Crippen molar-refractivity contribution in [2.75, 3.05) is 11.9 Å². The fraction of sp³-hybridized carbons (Fsp3) is 0.111. The first-order chi connectivity index (χ1) is 6.09. The summed E-state index contributed by atoms with van der Waals surface area (Å²) in [7, 11) is 0. The van der Waals surface area contributed by atoms with Gasteiger partial charge in [0.15, 0.2) is 0 Å². The third-order valence-corrected chi connectivity index (χ3v) is 2.33. The van der Waals surface area contributed by atoms with Gasteiger partial charge in [0.05, 0.1) is 4.47 Å². The molecule has 0 aromatic heterocycles. The minimum absolute atomic E-state index is 0.273. The zero-order chi connectivity index (χ0) is 9.84. The Hall–Kier alpha value is -0.350. The average molecular weight is 309 g/mol. The fourth-order valence-corrected chi connectivity index (χ4v) is 1.19. The molecule has 0 saturated heterocycles. The highest BCUT2D eigenvalue weighted by molar-refractivity contribution is 9.11. The van der Waals surface area contributed by atoms with Crippen LogP contribution in [-0.2, 0) is 0 Å². The van der Waals surface area contributed by atoms with E-state index >= 15 is 0 Å². The lowest BCUT2D eigenvalue weighted by Gasteiger charge is -2.05. The number of anilines is 1. The maximum Gasteiger partial charge on any atom is 0.139 e. The monoisotopic (exact) mass is 307 g/mol. The second kappa shape index (κ2) is 4.77. The molecule has 1 aromatic rings. The molecule has 0 aliphatic carbocycles. The molecular weight excluding hydrogens is 301 g/mol. The lowest BCUT2D eigenvalue weighted by atomic mass is 10.3. The van der Waals surface area contributed by atoms with Crippen LogP contribution in [0.4, 0.5) is 10.1 Å². The second-order valence-electron chi connectivity index (χ2n) is 2.50. The van der Waals surface area contributed by atoms with Crippen molar-refractivity contribution in [1.82, 2.24) is 0 Å². The Morgan fingerprint density at radius 2 is 2.23 bits per heavy atom. The van der Waals surface area contributed by atoms with Gasteiger partial charge in [0.1, 0.15) is 5.82 Å². The van der Waals surface area contributed by atoms with Gasteiger partial charge in [-0.05, 0) is 34.1 Å². The van der Waals surface area contributed by atoms with Crippen molar-refractivity contribution >= 4 is 37.5 Å². The Labute approximate surface area is 93.3 Å². The van der Waals surface area contributed by atoms with Crippen LogP contribution in [0.15, 0.2) is 33.7 Å². The van der Waals surface area contributed by atoms with E-state index in [-0.39, 0.29) is 5.82 Å². The number of rotatable bonds is 3. The van der Waals surface area contributed by atoms with Crippen molar-refractivity contribution in [1.29, 1.82) is 0 Å². The normalized spacial score (nSPS) is 9.77. The van der Waals surface area contributed by atoms with Crippen molar-refractivity contribution in [2.24, 2.45) is 0 Å². The molecule has 0 atom stereocenters. The molecule has 1 nitrogen and oxygen atoms in total.